The van der Waals surface area contributed by atoms with E-state index in [2.05, 4.69) is 26.1 Å². The molecule has 0 atom stereocenters. The van der Waals surface area contributed by atoms with Gasteiger partial charge in [0.25, 0.3) is 5.78 Å². The molecule has 0 bridgehead atoms. The summed E-state index contributed by atoms with van der Waals surface area (Å²) >= 11 is 3.41. The molecule has 4 rings (SSSR count). The molecule has 3 aromatic rings. The van der Waals surface area contributed by atoms with Crippen molar-refractivity contribution >= 4 is 50.8 Å². The van der Waals surface area contributed by atoms with Crippen LogP contribution in [0.3, 0.4) is 0 Å². The van der Waals surface area contributed by atoms with Crippen molar-refractivity contribution in [2.75, 3.05) is 19.3 Å². The van der Waals surface area contributed by atoms with Crippen molar-refractivity contribution in [2.45, 2.75) is 0 Å². The molecule has 0 aliphatic carbocycles. The summed E-state index contributed by atoms with van der Waals surface area (Å²) in [6.07, 6.45) is 0. The topological polar surface area (TPSA) is 97.6 Å². The van der Waals surface area contributed by atoms with Gasteiger partial charge in [-0.15, -0.1) is 0 Å². The number of benzene rings is 3. The fourth-order valence-electron chi connectivity index (χ4n) is 3.80. The van der Waals surface area contributed by atoms with E-state index >= 15 is 0 Å². The molecule has 0 unspecified atom stereocenters. The van der Waals surface area contributed by atoms with Crippen LogP contribution in [0.1, 0.15) is 11.1 Å². The van der Waals surface area contributed by atoms with E-state index < -0.39 is 23.1 Å². The zero-order valence-electron chi connectivity index (χ0n) is 18.8. The second-order valence-electron chi connectivity index (χ2n) is 7.46. The number of Topliss-reactive ketones (excluding diaryl/α,β-unsaturated/α-hetero) is 1. The molecule has 0 saturated heterocycles. The number of hydrogen-bond donors (Lipinski definition) is 0. The molecule has 1 heterocycles. The molecule has 8 nitrogen and oxygen atoms in total. The SMILES string of the molecule is COC(=O)C(=O)C1(C(=O)OC)C(c2ccccc2)=NN(c2ccc(Br)cc2)N=C1c1ccccc1. The largest absolute Gasteiger partial charge is 0.468 e. The van der Waals surface area contributed by atoms with Gasteiger partial charge in [-0.25, -0.2) is 4.79 Å². The summed E-state index contributed by atoms with van der Waals surface area (Å²) in [7, 11) is 2.21. The van der Waals surface area contributed by atoms with Gasteiger partial charge in [0.05, 0.1) is 19.9 Å². The van der Waals surface area contributed by atoms with Crippen molar-refractivity contribution in [1.29, 1.82) is 0 Å². The van der Waals surface area contributed by atoms with Crippen LogP contribution in [0, 0.1) is 5.41 Å². The van der Waals surface area contributed by atoms with E-state index in [-0.39, 0.29) is 11.4 Å². The van der Waals surface area contributed by atoms with E-state index in [1.165, 1.54) is 5.12 Å². The molecular formula is C26H20BrN3O5. The third-order valence-corrected chi connectivity index (χ3v) is 5.98. The van der Waals surface area contributed by atoms with E-state index in [1.54, 1.807) is 72.8 Å². The third kappa shape index (κ3) is 4.26. The highest BCUT2D eigenvalue weighted by molar-refractivity contribution is 9.10. The monoisotopic (exact) mass is 533 g/mol. The molecular weight excluding hydrogens is 514 g/mol. The van der Waals surface area contributed by atoms with Gasteiger partial charge in [-0.3, -0.25) is 9.59 Å². The minimum atomic E-state index is -2.31. The molecule has 0 radical (unpaired) electrons. The standard InChI is InChI=1S/C26H20BrN3O5/c1-34-24(32)23(31)26(25(33)35-2)21(17-9-5-3-6-10-17)28-30(20-15-13-19(27)14-16-20)29-22(26)18-11-7-4-8-12-18/h3-16H,1-2H3. The normalized spacial score (nSPS) is 14.4. The summed E-state index contributed by atoms with van der Waals surface area (Å²) in [5, 5.41) is 10.5. The molecule has 0 amide bonds. The van der Waals surface area contributed by atoms with Crippen molar-refractivity contribution in [2.24, 2.45) is 15.6 Å². The minimum absolute atomic E-state index is 0.0166. The van der Waals surface area contributed by atoms with Gasteiger partial charge in [0.2, 0.25) is 5.41 Å². The lowest BCUT2D eigenvalue weighted by molar-refractivity contribution is -0.160. The lowest BCUT2D eigenvalue weighted by Gasteiger charge is -2.36. The number of carbonyl (C=O) groups excluding carboxylic acids is 3. The van der Waals surface area contributed by atoms with Crippen LogP contribution in [0.4, 0.5) is 5.69 Å². The molecule has 0 fully saturated rings. The Balaban J connectivity index is 2.10. The average molecular weight is 534 g/mol. The molecule has 0 saturated carbocycles. The number of ketones is 1. The Morgan fingerprint density at radius 1 is 0.743 bits per heavy atom. The first-order chi connectivity index (χ1) is 16.9. The van der Waals surface area contributed by atoms with Crippen LogP contribution in [0.5, 0.6) is 0 Å². The van der Waals surface area contributed by atoms with Gasteiger partial charge in [0, 0.05) is 4.47 Å². The van der Waals surface area contributed by atoms with Crippen molar-refractivity contribution in [1.82, 2.24) is 0 Å². The maximum atomic E-state index is 13.7. The molecule has 0 N–H and O–H groups in total. The highest BCUT2D eigenvalue weighted by atomic mass is 79.9. The van der Waals surface area contributed by atoms with E-state index in [1.807, 2.05) is 12.1 Å². The predicted octanol–water partition coefficient (Wildman–Crippen LogP) is 3.98. The number of anilines is 1. The zero-order valence-corrected chi connectivity index (χ0v) is 20.4. The summed E-state index contributed by atoms with van der Waals surface area (Å²) in [5.41, 5.74) is -0.911. The van der Waals surface area contributed by atoms with Crippen LogP contribution in [-0.4, -0.2) is 43.4 Å². The van der Waals surface area contributed by atoms with Gasteiger partial charge in [-0.05, 0) is 35.4 Å². The Hall–Kier alpha value is -4.11. The van der Waals surface area contributed by atoms with Gasteiger partial charge in [0.1, 0.15) is 11.4 Å². The molecule has 1 aliphatic heterocycles. The predicted molar refractivity (Wildman–Crippen MR) is 134 cm³/mol. The molecule has 9 heteroatoms. The number of nitrogens with zero attached hydrogens (tertiary/aromatic N) is 3. The molecule has 3 aromatic carbocycles. The number of methoxy groups -OCH3 is 2. The number of hydrazone groups is 2. The molecule has 35 heavy (non-hydrogen) atoms. The Kier molecular flexibility index (Phi) is 6.88. The van der Waals surface area contributed by atoms with Crippen LogP contribution in [0.15, 0.2) is 99.6 Å². The fourth-order valence-corrected chi connectivity index (χ4v) is 4.07. The van der Waals surface area contributed by atoms with Gasteiger partial charge in [-0.1, -0.05) is 76.6 Å². The number of hydrogen-bond acceptors (Lipinski definition) is 8. The fraction of sp³-hybridized carbons (Fsp3) is 0.115. The van der Waals surface area contributed by atoms with E-state index in [4.69, 9.17) is 9.47 Å². The van der Waals surface area contributed by atoms with Crippen molar-refractivity contribution in [3.05, 3.63) is 101 Å². The number of esters is 2. The quantitative estimate of drug-likeness (QED) is 0.270. The average Bonchev–Trinajstić information content (AvgIpc) is 2.92. The zero-order chi connectivity index (χ0) is 25.0. The summed E-state index contributed by atoms with van der Waals surface area (Å²) in [5.74, 6) is -3.39. The number of carbonyl (C=O) groups is 3. The number of rotatable bonds is 6. The Morgan fingerprint density at radius 3 is 1.66 bits per heavy atom. The first-order valence-corrected chi connectivity index (χ1v) is 11.3. The minimum Gasteiger partial charge on any atom is -0.468 e. The summed E-state index contributed by atoms with van der Waals surface area (Å²) in [6.45, 7) is 0. The lowest BCUT2D eigenvalue weighted by atomic mass is 9.69. The molecule has 0 spiro atoms. The van der Waals surface area contributed by atoms with Crippen molar-refractivity contribution in [3.8, 4) is 0 Å². The number of halogens is 1. The molecule has 0 aromatic heterocycles. The van der Waals surface area contributed by atoms with Crippen LogP contribution < -0.4 is 5.12 Å². The van der Waals surface area contributed by atoms with Crippen LogP contribution in [-0.2, 0) is 23.9 Å². The van der Waals surface area contributed by atoms with Crippen molar-refractivity contribution < 1.29 is 23.9 Å². The van der Waals surface area contributed by atoms with Gasteiger partial charge >= 0.3 is 11.9 Å². The first kappa shape index (κ1) is 24.0. The van der Waals surface area contributed by atoms with Crippen LogP contribution >= 0.6 is 15.9 Å². The highest BCUT2D eigenvalue weighted by Crippen LogP contribution is 2.38. The molecule has 176 valence electrons. The lowest BCUT2D eigenvalue weighted by Crippen LogP contribution is -2.58. The Morgan fingerprint density at radius 2 is 1.23 bits per heavy atom. The third-order valence-electron chi connectivity index (χ3n) is 5.45. The smallest absolute Gasteiger partial charge is 0.376 e. The summed E-state index contributed by atoms with van der Waals surface area (Å²) in [6, 6.07) is 24.4. The Bertz CT molecular complexity index is 1260. The van der Waals surface area contributed by atoms with Gasteiger partial charge < -0.3 is 9.47 Å². The van der Waals surface area contributed by atoms with Crippen LogP contribution in [0.25, 0.3) is 0 Å². The maximum Gasteiger partial charge on any atom is 0.376 e. The Labute approximate surface area is 210 Å². The van der Waals surface area contributed by atoms with E-state index in [0.717, 1.165) is 18.7 Å². The second kappa shape index (κ2) is 10.0. The summed E-state index contributed by atoms with van der Waals surface area (Å²) < 4.78 is 10.7. The van der Waals surface area contributed by atoms with E-state index in [9.17, 15) is 14.4 Å². The maximum absolute atomic E-state index is 13.7. The van der Waals surface area contributed by atoms with E-state index in [0.29, 0.717) is 16.8 Å². The van der Waals surface area contributed by atoms with Crippen molar-refractivity contribution in [3.63, 3.8) is 0 Å². The number of ether oxygens (including phenoxy) is 2. The van der Waals surface area contributed by atoms with Gasteiger partial charge in [-0.2, -0.15) is 15.3 Å². The first-order valence-electron chi connectivity index (χ1n) is 10.5. The highest BCUT2D eigenvalue weighted by Gasteiger charge is 2.61. The second-order valence-corrected chi connectivity index (χ2v) is 8.37. The molecule has 1 aliphatic rings. The van der Waals surface area contributed by atoms with Crippen LogP contribution in [0.2, 0.25) is 0 Å². The van der Waals surface area contributed by atoms with Gasteiger partial charge in [0.15, 0.2) is 0 Å². The summed E-state index contributed by atoms with van der Waals surface area (Å²) in [4.78, 5) is 40.0.